The van der Waals surface area contributed by atoms with Gasteiger partial charge in [-0.3, -0.25) is 9.69 Å². The van der Waals surface area contributed by atoms with E-state index in [1.807, 2.05) is 4.90 Å². The molecule has 66 valence electrons. The van der Waals surface area contributed by atoms with E-state index < -0.39 is 5.37 Å². The molecule has 1 aliphatic rings. The van der Waals surface area contributed by atoms with Crippen molar-refractivity contribution >= 4 is 17.0 Å². The van der Waals surface area contributed by atoms with Gasteiger partial charge in [0.05, 0.1) is 12.6 Å². The molecule has 1 amide bonds. The van der Waals surface area contributed by atoms with Gasteiger partial charge in [0.2, 0.25) is 0 Å². The highest BCUT2D eigenvalue weighted by atomic mass is 35.5. The van der Waals surface area contributed by atoms with Crippen LogP contribution in [0.3, 0.4) is 0 Å². The second-order valence-corrected chi connectivity index (χ2v) is 3.00. The zero-order valence-corrected chi connectivity index (χ0v) is 7.42. The minimum atomic E-state index is -0.397. The lowest BCUT2D eigenvalue weighted by Gasteiger charge is -2.31. The molecule has 5 heteroatoms. The van der Waals surface area contributed by atoms with Gasteiger partial charge in [-0.25, -0.2) is 0 Å². The van der Waals surface area contributed by atoms with Gasteiger partial charge in [0, 0.05) is 26.2 Å². The lowest BCUT2D eigenvalue weighted by molar-refractivity contribution is 0.163. The smallest absolute Gasteiger partial charge is 0.316 e. The summed E-state index contributed by atoms with van der Waals surface area (Å²) in [5, 5.41) is 8.00. The Hall–Kier alpha value is -0.790. The molecule has 1 fully saturated rings. The Morgan fingerprint density at radius 2 is 2.00 bits per heavy atom. The van der Waals surface area contributed by atoms with E-state index in [0.29, 0.717) is 19.6 Å². The largest absolute Gasteiger partial charge is 0.327 e. The van der Waals surface area contributed by atoms with Crippen molar-refractivity contribution in [2.24, 2.45) is 0 Å². The van der Waals surface area contributed by atoms with E-state index in [9.17, 15) is 4.79 Å². The number of amides is 1. The van der Waals surface area contributed by atoms with Gasteiger partial charge in [-0.05, 0) is 11.6 Å². The minimum Gasteiger partial charge on any atom is -0.327 e. The summed E-state index contributed by atoms with van der Waals surface area (Å²) >= 11 is 5.28. The van der Waals surface area contributed by atoms with Crippen LogP contribution in [0.4, 0.5) is 4.79 Å². The van der Waals surface area contributed by atoms with Crippen molar-refractivity contribution in [2.45, 2.75) is 0 Å². The van der Waals surface area contributed by atoms with Crippen molar-refractivity contribution in [3.8, 4) is 6.07 Å². The molecule has 1 heterocycles. The molecule has 4 nitrogen and oxygen atoms in total. The molecule has 0 aromatic heterocycles. The molecular weight excluding hydrogens is 178 g/mol. The van der Waals surface area contributed by atoms with Crippen molar-refractivity contribution in [3.05, 3.63) is 0 Å². The van der Waals surface area contributed by atoms with Gasteiger partial charge < -0.3 is 4.90 Å². The third-order valence-electron chi connectivity index (χ3n) is 1.92. The van der Waals surface area contributed by atoms with Crippen molar-refractivity contribution in [3.63, 3.8) is 0 Å². The SMILES string of the molecule is N#CCN1CCN(C(=O)Cl)CC1. The van der Waals surface area contributed by atoms with Crippen molar-refractivity contribution in [1.29, 1.82) is 5.26 Å². The molecule has 1 rings (SSSR count). The van der Waals surface area contributed by atoms with Crippen LogP contribution in [0.5, 0.6) is 0 Å². The number of nitriles is 1. The second kappa shape index (κ2) is 4.29. The molecule has 0 N–H and O–H groups in total. The summed E-state index contributed by atoms with van der Waals surface area (Å²) in [5.41, 5.74) is 0. The van der Waals surface area contributed by atoms with Gasteiger partial charge in [-0.2, -0.15) is 5.26 Å². The summed E-state index contributed by atoms with van der Waals surface area (Å²) in [4.78, 5) is 14.2. The number of rotatable bonds is 1. The Balaban J connectivity index is 2.30. The van der Waals surface area contributed by atoms with Gasteiger partial charge >= 0.3 is 5.37 Å². The topological polar surface area (TPSA) is 47.3 Å². The van der Waals surface area contributed by atoms with Crippen LogP contribution in [-0.4, -0.2) is 47.9 Å². The average Bonchev–Trinajstić information content (AvgIpc) is 2.06. The van der Waals surface area contributed by atoms with Gasteiger partial charge in [0.1, 0.15) is 0 Å². The average molecular weight is 188 g/mol. The zero-order chi connectivity index (χ0) is 8.97. The predicted octanol–water partition coefficient (Wildman–Crippen LogP) is 0.486. The third-order valence-corrected chi connectivity index (χ3v) is 2.15. The normalized spacial score (nSPS) is 18.8. The van der Waals surface area contributed by atoms with E-state index in [-0.39, 0.29) is 0 Å². The molecule has 0 saturated carbocycles. The summed E-state index contributed by atoms with van der Waals surface area (Å²) in [6.07, 6.45) is 0. The second-order valence-electron chi connectivity index (χ2n) is 2.67. The van der Waals surface area contributed by atoms with Crippen LogP contribution in [0, 0.1) is 11.3 Å². The van der Waals surface area contributed by atoms with Crippen LogP contribution >= 0.6 is 11.6 Å². The van der Waals surface area contributed by atoms with Crippen LogP contribution in [0.25, 0.3) is 0 Å². The molecule has 0 aromatic carbocycles. The highest BCUT2D eigenvalue weighted by Crippen LogP contribution is 2.03. The molecular formula is C7H10ClN3O. The summed E-state index contributed by atoms with van der Waals surface area (Å²) in [7, 11) is 0. The molecule has 1 saturated heterocycles. The number of carbonyl (C=O) groups excluding carboxylic acids is 1. The van der Waals surface area contributed by atoms with E-state index in [0.717, 1.165) is 13.1 Å². The summed E-state index contributed by atoms with van der Waals surface area (Å²) in [6.45, 7) is 3.18. The van der Waals surface area contributed by atoms with Crippen molar-refractivity contribution < 1.29 is 4.79 Å². The van der Waals surface area contributed by atoms with E-state index in [4.69, 9.17) is 16.9 Å². The number of halogens is 1. The quantitative estimate of drug-likeness (QED) is 0.341. The highest BCUT2D eigenvalue weighted by Gasteiger charge is 2.18. The lowest BCUT2D eigenvalue weighted by Crippen LogP contribution is -2.47. The third kappa shape index (κ3) is 2.36. The molecule has 0 bridgehead atoms. The van der Waals surface area contributed by atoms with Gasteiger partial charge in [-0.1, -0.05) is 0 Å². The van der Waals surface area contributed by atoms with Crippen LogP contribution < -0.4 is 0 Å². The zero-order valence-electron chi connectivity index (χ0n) is 6.66. The van der Waals surface area contributed by atoms with Gasteiger partial charge in [0.25, 0.3) is 0 Å². The molecule has 12 heavy (non-hydrogen) atoms. The Morgan fingerprint density at radius 1 is 1.42 bits per heavy atom. The van der Waals surface area contributed by atoms with E-state index in [2.05, 4.69) is 6.07 Å². The predicted molar refractivity (Wildman–Crippen MR) is 44.9 cm³/mol. The molecule has 0 atom stereocenters. The van der Waals surface area contributed by atoms with E-state index in [1.165, 1.54) is 0 Å². The first-order valence-corrected chi connectivity index (χ1v) is 4.15. The Bertz CT molecular complexity index is 205. The molecule has 1 aliphatic heterocycles. The standard InChI is InChI=1S/C7H10ClN3O/c8-7(12)11-5-3-10(2-1-9)4-6-11/h2-6H2. The molecule has 0 radical (unpaired) electrons. The minimum absolute atomic E-state index is 0.397. The summed E-state index contributed by atoms with van der Waals surface area (Å²) < 4.78 is 0. The number of hydrogen-bond acceptors (Lipinski definition) is 3. The number of carbonyl (C=O) groups is 1. The lowest BCUT2D eigenvalue weighted by atomic mass is 10.3. The first-order valence-electron chi connectivity index (χ1n) is 3.78. The number of hydrogen-bond donors (Lipinski definition) is 0. The maximum Gasteiger partial charge on any atom is 0.316 e. The van der Waals surface area contributed by atoms with Gasteiger partial charge in [-0.15, -0.1) is 0 Å². The fourth-order valence-corrected chi connectivity index (χ4v) is 1.35. The first-order chi connectivity index (χ1) is 5.74. The van der Waals surface area contributed by atoms with Crippen LogP contribution in [-0.2, 0) is 0 Å². The van der Waals surface area contributed by atoms with E-state index in [1.54, 1.807) is 4.90 Å². The molecule has 0 aliphatic carbocycles. The fourth-order valence-electron chi connectivity index (χ4n) is 1.18. The Labute approximate surface area is 76.3 Å². The van der Waals surface area contributed by atoms with E-state index >= 15 is 0 Å². The highest BCUT2D eigenvalue weighted by molar-refractivity contribution is 6.62. The number of nitrogens with zero attached hydrogens (tertiary/aromatic N) is 3. The van der Waals surface area contributed by atoms with Crippen LogP contribution in [0.2, 0.25) is 0 Å². The molecule has 0 spiro atoms. The van der Waals surface area contributed by atoms with Gasteiger partial charge in [0.15, 0.2) is 0 Å². The van der Waals surface area contributed by atoms with Crippen molar-refractivity contribution in [1.82, 2.24) is 9.80 Å². The Kier molecular flexibility index (Phi) is 3.32. The molecule has 0 unspecified atom stereocenters. The monoisotopic (exact) mass is 187 g/mol. The first kappa shape index (κ1) is 9.30. The summed E-state index contributed by atoms with van der Waals surface area (Å²) in [6, 6.07) is 2.07. The van der Waals surface area contributed by atoms with Crippen LogP contribution in [0.15, 0.2) is 0 Å². The van der Waals surface area contributed by atoms with Crippen LogP contribution in [0.1, 0.15) is 0 Å². The fraction of sp³-hybridized carbons (Fsp3) is 0.714. The maximum absolute atomic E-state index is 10.7. The maximum atomic E-state index is 10.7. The number of piperazine rings is 1. The van der Waals surface area contributed by atoms with Crippen molar-refractivity contribution in [2.75, 3.05) is 32.7 Å². The molecule has 0 aromatic rings. The Morgan fingerprint density at radius 3 is 2.42 bits per heavy atom. The summed E-state index contributed by atoms with van der Waals surface area (Å²) in [5.74, 6) is 0.